The number of aryl methyl sites for hydroxylation is 2. The fraction of sp³-hybridized carbons (Fsp3) is 0.0208. The number of anilines is 12. The first-order chi connectivity index (χ1) is 49.5. The lowest BCUT2D eigenvalue weighted by Crippen LogP contribution is -2.12. The standard InChI is InChI=1S/C96H70N4/c1-67-63-83(99(77-39-17-7-18-40-77)81-53-49-79(50-54-81)97(73-31-9-3-10-32-73)74-33-11-4-12-34-74)57-61-85(67)95-91-59-47-72(90-46-26-30-70-28-22-24-44-88(70)90)66-94(91)96(92-60-48-71(65-93(92)95)89-45-25-29-69-27-21-23-43-87(69)89)86-62-58-84(64-68(86)2)100(78-41-19-8-20-42-78)82-55-51-80(52-56-82)98(75-35-13-5-14-36-75)76-37-15-6-16-38-76/h3-66H,1-2H3. The first kappa shape index (κ1) is 60.6. The van der Waals surface area contributed by atoms with Crippen molar-refractivity contribution < 1.29 is 0 Å². The van der Waals surface area contributed by atoms with Crippen LogP contribution in [0.1, 0.15) is 11.1 Å². The number of rotatable bonds is 16. The Kier molecular flexibility index (Phi) is 16.1. The first-order valence-corrected chi connectivity index (χ1v) is 34.4. The molecule has 0 atom stereocenters. The van der Waals surface area contributed by atoms with Gasteiger partial charge in [-0.05, 0) is 270 Å². The zero-order chi connectivity index (χ0) is 66.9. The molecule has 0 spiro atoms. The molecule has 0 aliphatic heterocycles. The lowest BCUT2D eigenvalue weighted by Gasteiger charge is -2.29. The van der Waals surface area contributed by atoms with Crippen LogP contribution in [0.25, 0.3) is 87.6 Å². The van der Waals surface area contributed by atoms with Crippen LogP contribution in [0.15, 0.2) is 388 Å². The second kappa shape index (κ2) is 26.5. The Morgan fingerprint density at radius 1 is 0.160 bits per heavy atom. The minimum atomic E-state index is 1.06. The highest BCUT2D eigenvalue weighted by Gasteiger charge is 2.25. The summed E-state index contributed by atoms with van der Waals surface area (Å²) in [7, 11) is 0. The summed E-state index contributed by atoms with van der Waals surface area (Å²) in [6, 6.07) is 142. The van der Waals surface area contributed by atoms with Gasteiger partial charge in [-0.15, -0.1) is 0 Å². The highest BCUT2D eigenvalue weighted by Crippen LogP contribution is 2.51. The average molecular weight is 1280 g/mol. The van der Waals surface area contributed by atoms with Gasteiger partial charge in [-0.1, -0.05) is 231 Å². The van der Waals surface area contributed by atoms with Crippen LogP contribution >= 0.6 is 0 Å². The molecule has 0 aliphatic carbocycles. The fourth-order valence-electron chi connectivity index (χ4n) is 15.0. The van der Waals surface area contributed by atoms with Gasteiger partial charge in [0.1, 0.15) is 0 Å². The van der Waals surface area contributed by atoms with Crippen molar-refractivity contribution in [2.24, 2.45) is 0 Å². The molecule has 0 bridgehead atoms. The zero-order valence-corrected chi connectivity index (χ0v) is 55.7. The quantitative estimate of drug-likeness (QED) is 0.0894. The van der Waals surface area contributed by atoms with Crippen LogP contribution < -0.4 is 19.6 Å². The Hall–Kier alpha value is -13.0. The SMILES string of the molecule is Cc1cc(N(c2ccccc2)c2ccc(N(c3ccccc3)c3ccccc3)cc2)ccc1-c1c2ccc(-c3cccc4ccccc34)cc2c(-c2ccc(N(c3ccccc3)c3ccc(N(c4ccccc4)c4ccccc4)cc3)cc2C)c2ccc(-c3cccc4ccccc34)cc12. The number of hydrogen-bond donors (Lipinski definition) is 0. The summed E-state index contributed by atoms with van der Waals surface area (Å²) in [6.45, 7) is 4.59. The number of fused-ring (bicyclic) bond motifs is 4. The van der Waals surface area contributed by atoms with Crippen molar-refractivity contribution in [1.29, 1.82) is 0 Å². The predicted molar refractivity (Wildman–Crippen MR) is 426 cm³/mol. The minimum Gasteiger partial charge on any atom is -0.311 e. The molecule has 0 amide bonds. The molecule has 4 heteroatoms. The molecule has 0 unspecified atom stereocenters. The first-order valence-electron chi connectivity index (χ1n) is 34.4. The molecule has 0 aliphatic rings. The largest absolute Gasteiger partial charge is 0.311 e. The number of nitrogens with zero attached hydrogens (tertiary/aromatic N) is 4. The molecule has 17 aromatic rings. The maximum absolute atomic E-state index is 2.48. The minimum absolute atomic E-state index is 1.06. The molecular formula is C96H70N4. The molecule has 474 valence electrons. The molecule has 4 nitrogen and oxygen atoms in total. The molecule has 0 saturated heterocycles. The number of hydrogen-bond acceptors (Lipinski definition) is 4. The molecule has 100 heavy (non-hydrogen) atoms. The van der Waals surface area contributed by atoms with Crippen molar-refractivity contribution in [3.63, 3.8) is 0 Å². The van der Waals surface area contributed by atoms with Gasteiger partial charge >= 0.3 is 0 Å². The van der Waals surface area contributed by atoms with Gasteiger partial charge in [0.05, 0.1) is 0 Å². The van der Waals surface area contributed by atoms with Gasteiger partial charge in [-0.3, -0.25) is 0 Å². The molecule has 0 heterocycles. The van der Waals surface area contributed by atoms with Crippen LogP contribution in [-0.2, 0) is 0 Å². The Labute approximate surface area is 585 Å². The average Bonchev–Trinajstić information content (AvgIpc) is 0.718. The maximum Gasteiger partial charge on any atom is 0.0464 e. The van der Waals surface area contributed by atoms with E-state index in [0.717, 1.165) is 68.2 Å². The lowest BCUT2D eigenvalue weighted by molar-refractivity contribution is 1.25. The lowest BCUT2D eigenvalue weighted by atomic mass is 9.81. The van der Waals surface area contributed by atoms with E-state index < -0.39 is 0 Å². The van der Waals surface area contributed by atoms with E-state index in [1.165, 1.54) is 98.7 Å². The van der Waals surface area contributed by atoms with E-state index >= 15 is 0 Å². The Bertz CT molecular complexity index is 5340. The van der Waals surface area contributed by atoms with E-state index in [4.69, 9.17) is 0 Å². The van der Waals surface area contributed by atoms with Crippen LogP contribution in [0.4, 0.5) is 68.2 Å². The monoisotopic (exact) mass is 1280 g/mol. The van der Waals surface area contributed by atoms with E-state index in [2.05, 4.69) is 422 Å². The third-order valence-electron chi connectivity index (χ3n) is 19.6. The van der Waals surface area contributed by atoms with E-state index in [9.17, 15) is 0 Å². The van der Waals surface area contributed by atoms with Crippen molar-refractivity contribution in [2.75, 3.05) is 19.6 Å². The number of benzene rings is 17. The second-order valence-electron chi connectivity index (χ2n) is 25.7. The summed E-state index contributed by atoms with van der Waals surface area (Å²) in [6.07, 6.45) is 0. The Morgan fingerprint density at radius 3 is 0.710 bits per heavy atom. The highest BCUT2D eigenvalue weighted by atomic mass is 15.2. The zero-order valence-electron chi connectivity index (χ0n) is 55.7. The van der Waals surface area contributed by atoms with Crippen molar-refractivity contribution >= 4 is 111 Å². The predicted octanol–water partition coefficient (Wildman–Crippen LogP) is 27.5. The summed E-state index contributed by atoms with van der Waals surface area (Å²) < 4.78 is 0. The van der Waals surface area contributed by atoms with Crippen LogP contribution in [-0.4, -0.2) is 0 Å². The van der Waals surface area contributed by atoms with Crippen molar-refractivity contribution in [1.82, 2.24) is 0 Å². The Balaban J connectivity index is 0.853. The fourth-order valence-corrected chi connectivity index (χ4v) is 15.0. The molecular weight excluding hydrogens is 1210 g/mol. The third kappa shape index (κ3) is 11.4. The number of para-hydroxylation sites is 6. The third-order valence-corrected chi connectivity index (χ3v) is 19.6. The molecule has 17 aromatic carbocycles. The van der Waals surface area contributed by atoms with E-state index in [-0.39, 0.29) is 0 Å². The van der Waals surface area contributed by atoms with E-state index in [1.54, 1.807) is 0 Å². The van der Waals surface area contributed by atoms with Gasteiger partial charge in [-0.25, -0.2) is 0 Å². The summed E-state index contributed by atoms with van der Waals surface area (Å²) in [5.74, 6) is 0. The molecule has 0 saturated carbocycles. The van der Waals surface area contributed by atoms with Crippen LogP contribution in [0.3, 0.4) is 0 Å². The van der Waals surface area contributed by atoms with Gasteiger partial charge in [-0.2, -0.15) is 0 Å². The summed E-state index contributed by atoms with van der Waals surface area (Å²) in [5, 5.41) is 9.62. The molecule has 0 radical (unpaired) electrons. The van der Waals surface area contributed by atoms with E-state index in [0.29, 0.717) is 0 Å². The van der Waals surface area contributed by atoms with Crippen molar-refractivity contribution in [2.45, 2.75) is 13.8 Å². The highest BCUT2D eigenvalue weighted by molar-refractivity contribution is 6.23. The molecule has 0 fully saturated rings. The van der Waals surface area contributed by atoms with Gasteiger partial charge in [0, 0.05) is 68.2 Å². The van der Waals surface area contributed by atoms with Gasteiger partial charge in [0.15, 0.2) is 0 Å². The molecule has 17 rings (SSSR count). The summed E-state index contributed by atoms with van der Waals surface area (Å²) in [5.41, 5.74) is 24.8. The van der Waals surface area contributed by atoms with Crippen LogP contribution in [0, 0.1) is 13.8 Å². The normalized spacial score (nSPS) is 11.3. The molecule has 0 N–H and O–H groups in total. The Morgan fingerprint density at radius 2 is 0.410 bits per heavy atom. The van der Waals surface area contributed by atoms with Gasteiger partial charge in [0.2, 0.25) is 0 Å². The molecule has 0 aromatic heterocycles. The van der Waals surface area contributed by atoms with Crippen molar-refractivity contribution in [3.05, 3.63) is 399 Å². The summed E-state index contributed by atoms with van der Waals surface area (Å²) >= 11 is 0. The van der Waals surface area contributed by atoms with E-state index in [1.807, 2.05) is 0 Å². The van der Waals surface area contributed by atoms with Crippen LogP contribution in [0.2, 0.25) is 0 Å². The topological polar surface area (TPSA) is 13.0 Å². The van der Waals surface area contributed by atoms with Gasteiger partial charge < -0.3 is 19.6 Å². The van der Waals surface area contributed by atoms with Crippen molar-refractivity contribution in [3.8, 4) is 44.5 Å². The second-order valence-corrected chi connectivity index (χ2v) is 25.7. The van der Waals surface area contributed by atoms with Gasteiger partial charge in [0.25, 0.3) is 0 Å². The van der Waals surface area contributed by atoms with Crippen LogP contribution in [0.5, 0.6) is 0 Å². The smallest absolute Gasteiger partial charge is 0.0464 e. The maximum atomic E-state index is 2.48. The summed E-state index contributed by atoms with van der Waals surface area (Å²) in [4.78, 5) is 9.40.